The zero-order chi connectivity index (χ0) is 18.9. The van der Waals surface area contributed by atoms with Gasteiger partial charge in [-0.15, -0.1) is 0 Å². The molecular weight excluding hydrogens is 338 g/mol. The lowest BCUT2D eigenvalue weighted by molar-refractivity contribution is -0.125. The second-order valence-corrected chi connectivity index (χ2v) is 7.60. The third-order valence-electron chi connectivity index (χ3n) is 5.60. The number of methoxy groups -OCH3 is 1. The summed E-state index contributed by atoms with van der Waals surface area (Å²) in [5, 5.41) is 3.14. The number of rotatable bonds is 10. The van der Waals surface area contributed by atoms with Crippen LogP contribution >= 0.6 is 0 Å². The number of fused-ring (bicyclic) bond motifs is 1. The van der Waals surface area contributed by atoms with Crippen LogP contribution in [0.2, 0.25) is 0 Å². The molecule has 1 aliphatic rings. The normalized spacial score (nSPS) is 15.3. The van der Waals surface area contributed by atoms with Crippen molar-refractivity contribution in [2.24, 2.45) is 5.92 Å². The number of ether oxygens (including phenoxy) is 1. The van der Waals surface area contributed by atoms with Gasteiger partial charge in [-0.05, 0) is 37.8 Å². The smallest absolute Gasteiger partial charge is 0.223 e. The Hall–Kier alpha value is -1.88. The standard InChI is InChI=1S/C22H33N3O2/c1-27-17-16-25-20-13-8-7-12-19(20)24-21(25)14-6-3-9-15-23-22(26)18-10-4-2-5-11-18/h7-8,12-13,18H,2-6,9-11,14-17H2,1H3,(H,23,26). The first-order valence-corrected chi connectivity index (χ1v) is 10.5. The van der Waals surface area contributed by atoms with E-state index < -0.39 is 0 Å². The maximum absolute atomic E-state index is 12.2. The van der Waals surface area contributed by atoms with E-state index in [1.807, 2.05) is 6.07 Å². The molecule has 1 aliphatic carbocycles. The van der Waals surface area contributed by atoms with Crippen molar-refractivity contribution in [1.29, 1.82) is 0 Å². The highest BCUT2D eigenvalue weighted by molar-refractivity contribution is 5.78. The van der Waals surface area contributed by atoms with Crippen LogP contribution < -0.4 is 5.32 Å². The van der Waals surface area contributed by atoms with E-state index in [0.717, 1.165) is 63.0 Å². The van der Waals surface area contributed by atoms with Gasteiger partial charge in [-0.25, -0.2) is 4.98 Å². The highest BCUT2D eigenvalue weighted by Crippen LogP contribution is 2.23. The molecule has 5 heteroatoms. The van der Waals surface area contributed by atoms with Crippen molar-refractivity contribution in [3.8, 4) is 0 Å². The molecule has 148 valence electrons. The van der Waals surface area contributed by atoms with Crippen molar-refractivity contribution in [3.63, 3.8) is 0 Å². The van der Waals surface area contributed by atoms with Gasteiger partial charge in [0, 0.05) is 32.5 Å². The monoisotopic (exact) mass is 371 g/mol. The number of carbonyl (C=O) groups excluding carboxylic acids is 1. The molecule has 5 nitrogen and oxygen atoms in total. The molecule has 1 heterocycles. The van der Waals surface area contributed by atoms with Gasteiger partial charge in [0.05, 0.1) is 17.6 Å². The summed E-state index contributed by atoms with van der Waals surface area (Å²) in [4.78, 5) is 17.0. The minimum absolute atomic E-state index is 0.263. The fraction of sp³-hybridized carbons (Fsp3) is 0.636. The second-order valence-electron chi connectivity index (χ2n) is 7.60. The Morgan fingerprint density at radius 3 is 2.81 bits per heavy atom. The Labute approximate surface area is 162 Å². The quantitative estimate of drug-likeness (QED) is 0.640. The average Bonchev–Trinajstić information content (AvgIpc) is 3.06. The summed E-state index contributed by atoms with van der Waals surface area (Å²) in [6.07, 6.45) is 10.1. The Balaban J connectivity index is 1.41. The molecule has 1 amide bonds. The predicted molar refractivity (Wildman–Crippen MR) is 109 cm³/mol. The van der Waals surface area contributed by atoms with Crippen LogP contribution in [-0.4, -0.2) is 35.7 Å². The van der Waals surface area contributed by atoms with E-state index in [-0.39, 0.29) is 11.8 Å². The van der Waals surface area contributed by atoms with Gasteiger partial charge in [-0.3, -0.25) is 4.79 Å². The fourth-order valence-electron chi connectivity index (χ4n) is 4.05. The number of imidazole rings is 1. The van der Waals surface area contributed by atoms with Crippen LogP contribution in [0.1, 0.15) is 57.2 Å². The van der Waals surface area contributed by atoms with Gasteiger partial charge in [0.2, 0.25) is 5.91 Å². The number of nitrogens with one attached hydrogen (secondary N) is 1. The number of para-hydroxylation sites is 2. The first kappa shape index (κ1) is 19.9. The number of unbranched alkanes of at least 4 members (excludes halogenated alkanes) is 2. The molecule has 1 saturated carbocycles. The van der Waals surface area contributed by atoms with E-state index in [9.17, 15) is 4.79 Å². The lowest BCUT2D eigenvalue weighted by Crippen LogP contribution is -2.32. The molecule has 0 bridgehead atoms. The summed E-state index contributed by atoms with van der Waals surface area (Å²) < 4.78 is 7.54. The number of hydrogen-bond acceptors (Lipinski definition) is 3. The zero-order valence-electron chi connectivity index (χ0n) is 16.6. The summed E-state index contributed by atoms with van der Waals surface area (Å²) in [5.74, 6) is 1.68. The molecule has 0 aliphatic heterocycles. The number of aromatic nitrogens is 2. The van der Waals surface area contributed by atoms with E-state index in [4.69, 9.17) is 9.72 Å². The first-order chi connectivity index (χ1) is 13.3. The number of aryl methyl sites for hydroxylation is 1. The highest BCUT2D eigenvalue weighted by Gasteiger charge is 2.20. The van der Waals surface area contributed by atoms with Gasteiger partial charge >= 0.3 is 0 Å². The Morgan fingerprint density at radius 2 is 2.00 bits per heavy atom. The third-order valence-corrected chi connectivity index (χ3v) is 5.60. The van der Waals surface area contributed by atoms with Gasteiger partial charge in [0.1, 0.15) is 5.82 Å². The predicted octanol–water partition coefficient (Wildman–Crippen LogP) is 4.09. The van der Waals surface area contributed by atoms with Crippen molar-refractivity contribution in [2.75, 3.05) is 20.3 Å². The van der Waals surface area contributed by atoms with Crippen molar-refractivity contribution in [2.45, 2.75) is 64.3 Å². The van der Waals surface area contributed by atoms with E-state index in [1.54, 1.807) is 7.11 Å². The van der Waals surface area contributed by atoms with Crippen LogP contribution in [0.15, 0.2) is 24.3 Å². The Bertz CT molecular complexity index is 719. The molecule has 3 rings (SSSR count). The zero-order valence-corrected chi connectivity index (χ0v) is 16.6. The van der Waals surface area contributed by atoms with Crippen molar-refractivity contribution >= 4 is 16.9 Å². The molecule has 0 radical (unpaired) electrons. The van der Waals surface area contributed by atoms with E-state index >= 15 is 0 Å². The molecule has 1 aromatic carbocycles. The lowest BCUT2D eigenvalue weighted by atomic mass is 9.89. The van der Waals surface area contributed by atoms with Gasteiger partial charge in [0.25, 0.3) is 0 Å². The summed E-state index contributed by atoms with van der Waals surface area (Å²) in [6, 6.07) is 8.30. The molecule has 0 unspecified atom stereocenters. The van der Waals surface area contributed by atoms with Crippen LogP contribution in [0.3, 0.4) is 0 Å². The Morgan fingerprint density at radius 1 is 1.19 bits per heavy atom. The van der Waals surface area contributed by atoms with E-state index in [1.165, 1.54) is 24.8 Å². The SMILES string of the molecule is COCCn1c(CCCCCNC(=O)C2CCCCC2)nc2ccccc21. The van der Waals surface area contributed by atoms with Gasteiger partial charge in [0.15, 0.2) is 0 Å². The van der Waals surface area contributed by atoms with Gasteiger partial charge < -0.3 is 14.6 Å². The van der Waals surface area contributed by atoms with E-state index in [0.29, 0.717) is 6.61 Å². The number of hydrogen-bond donors (Lipinski definition) is 1. The molecule has 1 fully saturated rings. The Kier molecular flexibility index (Phi) is 7.69. The van der Waals surface area contributed by atoms with E-state index in [2.05, 4.69) is 28.1 Å². The van der Waals surface area contributed by atoms with Gasteiger partial charge in [-0.2, -0.15) is 0 Å². The van der Waals surface area contributed by atoms with Crippen molar-refractivity contribution in [3.05, 3.63) is 30.1 Å². The van der Waals surface area contributed by atoms with Gasteiger partial charge in [-0.1, -0.05) is 37.8 Å². The molecule has 0 saturated heterocycles. The topological polar surface area (TPSA) is 56.1 Å². The van der Waals surface area contributed by atoms with Crippen LogP contribution in [-0.2, 0) is 22.5 Å². The maximum atomic E-state index is 12.2. The molecular formula is C22H33N3O2. The highest BCUT2D eigenvalue weighted by atomic mass is 16.5. The van der Waals surface area contributed by atoms with Crippen molar-refractivity contribution < 1.29 is 9.53 Å². The molecule has 1 N–H and O–H groups in total. The largest absolute Gasteiger partial charge is 0.383 e. The molecule has 0 spiro atoms. The summed E-state index contributed by atoms with van der Waals surface area (Å²) in [6.45, 7) is 2.33. The van der Waals surface area contributed by atoms with Crippen LogP contribution in [0.4, 0.5) is 0 Å². The van der Waals surface area contributed by atoms with Crippen molar-refractivity contribution in [1.82, 2.24) is 14.9 Å². The lowest BCUT2D eigenvalue weighted by Gasteiger charge is -2.20. The fourth-order valence-corrected chi connectivity index (χ4v) is 4.05. The number of amides is 1. The number of carbonyl (C=O) groups is 1. The summed E-state index contributed by atoms with van der Waals surface area (Å²) in [7, 11) is 1.74. The molecule has 1 aromatic heterocycles. The minimum atomic E-state index is 0.263. The average molecular weight is 372 g/mol. The maximum Gasteiger partial charge on any atom is 0.223 e. The van der Waals surface area contributed by atoms with Crippen LogP contribution in [0, 0.1) is 5.92 Å². The molecule has 27 heavy (non-hydrogen) atoms. The number of benzene rings is 1. The first-order valence-electron chi connectivity index (χ1n) is 10.5. The summed E-state index contributed by atoms with van der Waals surface area (Å²) in [5.41, 5.74) is 2.24. The number of nitrogens with zero attached hydrogens (tertiary/aromatic N) is 2. The van der Waals surface area contributed by atoms with Crippen LogP contribution in [0.5, 0.6) is 0 Å². The third kappa shape index (κ3) is 5.55. The van der Waals surface area contributed by atoms with Crippen LogP contribution in [0.25, 0.3) is 11.0 Å². The molecule has 0 atom stereocenters. The minimum Gasteiger partial charge on any atom is -0.383 e. The molecule has 2 aromatic rings. The summed E-state index contributed by atoms with van der Waals surface area (Å²) >= 11 is 0. The second kappa shape index (κ2) is 10.5.